The molecule has 0 saturated carbocycles. The van der Waals surface area contributed by atoms with E-state index in [0.29, 0.717) is 22.3 Å². The Kier molecular flexibility index (Phi) is 6.61. The molecule has 6 heteroatoms. The monoisotopic (exact) mass is 508 g/mol. The van der Waals surface area contributed by atoms with E-state index in [-0.39, 0.29) is 13.2 Å². The molecule has 0 aromatic heterocycles. The largest absolute Gasteiger partial charge is 0.463 e. The molecule has 6 nitrogen and oxygen atoms in total. The van der Waals surface area contributed by atoms with Gasteiger partial charge in [0.2, 0.25) is 11.2 Å². The summed E-state index contributed by atoms with van der Waals surface area (Å²) < 4.78 is 10.1. The first-order valence-corrected chi connectivity index (χ1v) is 12.6. The van der Waals surface area contributed by atoms with E-state index in [4.69, 9.17) is 9.47 Å². The minimum absolute atomic E-state index is 0.242. The van der Waals surface area contributed by atoms with Gasteiger partial charge in [-0.2, -0.15) is 0 Å². The van der Waals surface area contributed by atoms with Gasteiger partial charge in [0, 0.05) is 22.3 Å². The normalized spacial score (nSPS) is 14.6. The Bertz CT molecular complexity index is 1320. The van der Waals surface area contributed by atoms with Crippen molar-refractivity contribution >= 4 is 11.9 Å². The Morgan fingerprint density at radius 2 is 0.763 bits per heavy atom. The van der Waals surface area contributed by atoms with Crippen LogP contribution >= 0.6 is 0 Å². The molecule has 2 aliphatic rings. The molecule has 0 heterocycles. The highest BCUT2D eigenvalue weighted by Crippen LogP contribution is 2.49. The van der Waals surface area contributed by atoms with Crippen LogP contribution in [0.4, 0.5) is 0 Å². The molecule has 0 unspecified atom stereocenters. The summed E-state index contributed by atoms with van der Waals surface area (Å²) in [7, 11) is 0. The fourth-order valence-electron chi connectivity index (χ4n) is 5.33. The van der Waals surface area contributed by atoms with Crippen LogP contribution in [0.25, 0.3) is 22.3 Å². The van der Waals surface area contributed by atoms with Gasteiger partial charge in [-0.15, -0.1) is 0 Å². The van der Waals surface area contributed by atoms with Crippen molar-refractivity contribution < 1.29 is 29.3 Å². The molecule has 2 N–H and O–H groups in total. The molecule has 0 bridgehead atoms. The number of hydrogen-bond acceptors (Lipinski definition) is 6. The van der Waals surface area contributed by atoms with Crippen LogP contribution in [-0.2, 0) is 30.3 Å². The van der Waals surface area contributed by atoms with Crippen molar-refractivity contribution in [1.82, 2.24) is 0 Å². The molecule has 2 aliphatic carbocycles. The first-order chi connectivity index (χ1) is 18.4. The Morgan fingerprint density at radius 1 is 0.526 bits per heavy atom. The van der Waals surface area contributed by atoms with Crippen LogP contribution in [0.2, 0.25) is 0 Å². The molecule has 0 atom stereocenters. The van der Waals surface area contributed by atoms with Crippen LogP contribution in [0.15, 0.2) is 97.1 Å². The maximum absolute atomic E-state index is 12.2. The molecule has 4 aromatic carbocycles. The Balaban J connectivity index is 0.000000155. The SMILES string of the molecule is CCOC(=O)C1(O)c2ccccc2-c2ccccc21.CCOC(=O)C1(O)c2ccccc2-c2ccccc21. The van der Waals surface area contributed by atoms with Gasteiger partial charge >= 0.3 is 11.9 Å². The van der Waals surface area contributed by atoms with Crippen molar-refractivity contribution in [1.29, 1.82) is 0 Å². The van der Waals surface area contributed by atoms with Gasteiger partial charge in [-0.25, -0.2) is 9.59 Å². The first kappa shape index (κ1) is 25.4. The molecule has 6 rings (SSSR count). The molecule has 192 valence electrons. The summed E-state index contributed by atoms with van der Waals surface area (Å²) in [5.41, 5.74) is 2.52. The molecule has 0 spiro atoms. The summed E-state index contributed by atoms with van der Waals surface area (Å²) in [5.74, 6) is -1.24. The van der Waals surface area contributed by atoms with Gasteiger partial charge in [0.15, 0.2) is 0 Å². The second-order valence-electron chi connectivity index (χ2n) is 9.04. The fraction of sp³-hybridized carbons (Fsp3) is 0.188. The highest BCUT2D eigenvalue weighted by molar-refractivity contribution is 5.97. The summed E-state index contributed by atoms with van der Waals surface area (Å²) in [4.78, 5) is 24.4. The minimum atomic E-state index is -1.69. The lowest BCUT2D eigenvalue weighted by molar-refractivity contribution is -0.161. The van der Waals surface area contributed by atoms with E-state index in [1.54, 1.807) is 38.1 Å². The number of benzene rings is 4. The van der Waals surface area contributed by atoms with Crippen LogP contribution in [0.5, 0.6) is 0 Å². The van der Waals surface area contributed by atoms with Gasteiger partial charge in [0.1, 0.15) is 0 Å². The van der Waals surface area contributed by atoms with E-state index in [1.165, 1.54) is 0 Å². The zero-order valence-corrected chi connectivity index (χ0v) is 21.2. The Hall–Kier alpha value is -4.26. The summed E-state index contributed by atoms with van der Waals surface area (Å²) in [6, 6.07) is 29.6. The topological polar surface area (TPSA) is 93.1 Å². The lowest BCUT2D eigenvalue weighted by atomic mass is 9.91. The second-order valence-corrected chi connectivity index (χ2v) is 9.04. The van der Waals surface area contributed by atoms with E-state index in [1.807, 2.05) is 72.8 Å². The van der Waals surface area contributed by atoms with Gasteiger partial charge in [0.05, 0.1) is 13.2 Å². The van der Waals surface area contributed by atoms with E-state index in [2.05, 4.69) is 0 Å². The number of rotatable bonds is 4. The summed E-state index contributed by atoms with van der Waals surface area (Å²) >= 11 is 0. The Morgan fingerprint density at radius 3 is 1.00 bits per heavy atom. The maximum atomic E-state index is 12.2. The average Bonchev–Trinajstić information content (AvgIpc) is 3.38. The number of esters is 2. The summed E-state index contributed by atoms with van der Waals surface area (Å²) in [5, 5.41) is 21.8. The highest BCUT2D eigenvalue weighted by Gasteiger charge is 2.50. The van der Waals surface area contributed by atoms with Crippen LogP contribution in [-0.4, -0.2) is 35.4 Å². The quantitative estimate of drug-likeness (QED) is 0.380. The van der Waals surface area contributed by atoms with Crippen molar-refractivity contribution in [3.05, 3.63) is 119 Å². The van der Waals surface area contributed by atoms with E-state index in [0.717, 1.165) is 22.3 Å². The maximum Gasteiger partial charge on any atom is 0.347 e. The standard InChI is InChI=1S/2C16H14O3/c2*1-2-19-15(17)16(18)13-9-5-3-7-11(13)12-8-4-6-10-14(12)16/h2*3-10,18H,2H2,1H3. The lowest BCUT2D eigenvalue weighted by Gasteiger charge is -2.23. The van der Waals surface area contributed by atoms with E-state index >= 15 is 0 Å². The number of fused-ring (bicyclic) bond motifs is 6. The van der Waals surface area contributed by atoms with E-state index < -0.39 is 23.1 Å². The van der Waals surface area contributed by atoms with Crippen molar-refractivity contribution in [3.8, 4) is 22.3 Å². The van der Waals surface area contributed by atoms with Crippen LogP contribution in [0.1, 0.15) is 36.1 Å². The molecule has 0 radical (unpaired) electrons. The molecular formula is C32H28O6. The van der Waals surface area contributed by atoms with Gasteiger partial charge in [-0.3, -0.25) is 0 Å². The highest BCUT2D eigenvalue weighted by atomic mass is 16.6. The molecule has 38 heavy (non-hydrogen) atoms. The number of carbonyl (C=O) groups excluding carboxylic acids is 2. The number of ether oxygens (including phenoxy) is 2. The average molecular weight is 509 g/mol. The van der Waals surface area contributed by atoms with Crippen LogP contribution < -0.4 is 0 Å². The number of carbonyl (C=O) groups is 2. The third kappa shape index (κ3) is 3.72. The molecule has 0 amide bonds. The third-order valence-corrected chi connectivity index (χ3v) is 6.99. The minimum Gasteiger partial charge on any atom is -0.463 e. The van der Waals surface area contributed by atoms with Crippen LogP contribution in [0, 0.1) is 0 Å². The number of aliphatic hydroxyl groups is 2. The molecule has 0 saturated heterocycles. The van der Waals surface area contributed by atoms with Gasteiger partial charge in [0.25, 0.3) is 0 Å². The predicted molar refractivity (Wildman–Crippen MR) is 143 cm³/mol. The van der Waals surface area contributed by atoms with Gasteiger partial charge < -0.3 is 19.7 Å². The Labute approximate surface area is 221 Å². The van der Waals surface area contributed by atoms with Gasteiger partial charge in [-0.05, 0) is 36.1 Å². The molecule has 4 aromatic rings. The number of hydrogen-bond donors (Lipinski definition) is 2. The van der Waals surface area contributed by atoms with Gasteiger partial charge in [-0.1, -0.05) is 97.1 Å². The summed E-state index contributed by atoms with van der Waals surface area (Å²) in [6.45, 7) is 3.94. The lowest BCUT2D eigenvalue weighted by Crippen LogP contribution is -2.36. The second kappa shape index (κ2) is 9.89. The van der Waals surface area contributed by atoms with Crippen LogP contribution in [0.3, 0.4) is 0 Å². The van der Waals surface area contributed by atoms with E-state index in [9.17, 15) is 19.8 Å². The first-order valence-electron chi connectivity index (χ1n) is 12.6. The van der Waals surface area contributed by atoms with Crippen molar-refractivity contribution in [2.24, 2.45) is 0 Å². The summed E-state index contributed by atoms with van der Waals surface area (Å²) in [6.07, 6.45) is 0. The zero-order chi connectivity index (χ0) is 26.9. The molecule has 0 aliphatic heterocycles. The zero-order valence-electron chi connectivity index (χ0n) is 21.2. The smallest absolute Gasteiger partial charge is 0.347 e. The van der Waals surface area contributed by atoms with Crippen molar-refractivity contribution in [2.45, 2.75) is 25.0 Å². The molecule has 0 fully saturated rings. The van der Waals surface area contributed by atoms with Crippen molar-refractivity contribution in [3.63, 3.8) is 0 Å². The van der Waals surface area contributed by atoms with Crippen molar-refractivity contribution in [2.75, 3.05) is 13.2 Å². The predicted octanol–water partition coefficient (Wildman–Crippen LogP) is 4.93. The fourth-order valence-corrected chi connectivity index (χ4v) is 5.33. The third-order valence-electron chi connectivity index (χ3n) is 6.99. The molecular weight excluding hydrogens is 480 g/mol.